The molecule has 1 aliphatic heterocycles. The van der Waals surface area contributed by atoms with Gasteiger partial charge in [0.2, 0.25) is 5.91 Å². The number of amides is 1. The Labute approximate surface area is 91.3 Å². The summed E-state index contributed by atoms with van der Waals surface area (Å²) in [5.74, 6) is -0.481. The van der Waals surface area contributed by atoms with Crippen molar-refractivity contribution in [3.05, 3.63) is 0 Å². The largest absolute Gasteiger partial charge is 0.394 e. The second-order valence-electron chi connectivity index (χ2n) is 3.53. The number of nitrogens with one attached hydrogen (secondary N) is 1. The fraction of sp³-hybridized carbons (Fsp3) is 0.875. The molecule has 5 N–H and O–H groups in total. The Hall–Kier alpha value is -0.770. The lowest BCUT2D eigenvalue weighted by Crippen LogP contribution is -2.64. The molecular weight excluding hydrogens is 222 g/mol. The highest BCUT2D eigenvalue weighted by Gasteiger charge is 2.46. The fourth-order valence-electron chi connectivity index (χ4n) is 1.60. The van der Waals surface area contributed by atoms with Crippen LogP contribution < -0.4 is 5.32 Å². The predicted octanol–water partition coefficient (Wildman–Crippen LogP) is -2.58. The summed E-state index contributed by atoms with van der Waals surface area (Å²) in [6, 6.07) is -1.13. The molecular formula is C8H15NO7. The first-order valence-corrected chi connectivity index (χ1v) is 4.71. The number of rotatable bonds is 3. The van der Waals surface area contributed by atoms with Crippen LogP contribution in [0.15, 0.2) is 0 Å². The highest BCUT2D eigenvalue weighted by atomic mass is 17.1. The Bertz CT molecular complexity index is 249. The Morgan fingerprint density at radius 2 is 2.12 bits per heavy atom. The summed E-state index contributed by atoms with van der Waals surface area (Å²) >= 11 is 0. The van der Waals surface area contributed by atoms with Gasteiger partial charge in [-0.3, -0.25) is 10.1 Å². The van der Waals surface area contributed by atoms with Crippen molar-refractivity contribution in [3.8, 4) is 0 Å². The zero-order chi connectivity index (χ0) is 12.3. The van der Waals surface area contributed by atoms with Gasteiger partial charge in [-0.15, -0.1) is 0 Å². The van der Waals surface area contributed by atoms with Gasteiger partial charge in [-0.05, 0) is 0 Å². The summed E-state index contributed by atoms with van der Waals surface area (Å²) in [5.41, 5.74) is 0. The van der Waals surface area contributed by atoms with E-state index in [1.165, 1.54) is 6.92 Å². The van der Waals surface area contributed by atoms with E-state index in [9.17, 15) is 15.0 Å². The number of hydrogen-bond acceptors (Lipinski definition) is 7. The molecule has 94 valence electrons. The molecule has 1 saturated heterocycles. The zero-order valence-electron chi connectivity index (χ0n) is 8.61. The molecule has 0 aromatic rings. The summed E-state index contributed by atoms with van der Waals surface area (Å²) in [6.07, 6.45) is -5.19. The normalized spacial score (nSPS) is 39.4. The maximum Gasteiger partial charge on any atom is 0.217 e. The van der Waals surface area contributed by atoms with Gasteiger partial charge in [0.15, 0.2) is 6.29 Å². The number of carbonyl (C=O) groups excluding carboxylic acids is 1. The van der Waals surface area contributed by atoms with Crippen LogP contribution in [0, 0.1) is 0 Å². The molecule has 8 nitrogen and oxygen atoms in total. The van der Waals surface area contributed by atoms with Crippen molar-refractivity contribution >= 4 is 5.91 Å². The second-order valence-corrected chi connectivity index (χ2v) is 3.53. The number of aliphatic hydroxyl groups excluding tert-OH is 3. The van der Waals surface area contributed by atoms with E-state index in [2.05, 4.69) is 10.2 Å². The number of hydrogen-bond donors (Lipinski definition) is 5. The summed E-state index contributed by atoms with van der Waals surface area (Å²) < 4.78 is 4.87. The van der Waals surface area contributed by atoms with Crippen molar-refractivity contribution in [1.29, 1.82) is 0 Å². The lowest BCUT2D eigenvalue weighted by atomic mass is 9.97. The number of aliphatic hydroxyl groups is 3. The van der Waals surface area contributed by atoms with Crippen LogP contribution >= 0.6 is 0 Å². The van der Waals surface area contributed by atoms with Crippen LogP contribution in [0.3, 0.4) is 0 Å². The molecule has 8 heteroatoms. The summed E-state index contributed by atoms with van der Waals surface area (Å²) in [6.45, 7) is 0.651. The van der Waals surface area contributed by atoms with Gasteiger partial charge in [0, 0.05) is 6.92 Å². The molecule has 0 aromatic heterocycles. The highest BCUT2D eigenvalue weighted by Crippen LogP contribution is 2.21. The van der Waals surface area contributed by atoms with Crippen LogP contribution in [-0.4, -0.2) is 63.7 Å². The average molecular weight is 237 g/mol. The highest BCUT2D eigenvalue weighted by molar-refractivity contribution is 5.73. The third kappa shape index (κ3) is 2.67. The van der Waals surface area contributed by atoms with E-state index < -0.39 is 43.2 Å². The van der Waals surface area contributed by atoms with E-state index in [0.717, 1.165) is 0 Å². The van der Waals surface area contributed by atoms with Gasteiger partial charge in [0.05, 0.1) is 6.61 Å². The maximum atomic E-state index is 10.8. The molecule has 1 aliphatic rings. The molecule has 1 amide bonds. The molecule has 0 bridgehead atoms. The minimum atomic E-state index is -1.48. The van der Waals surface area contributed by atoms with Crippen LogP contribution in [0.2, 0.25) is 0 Å². The van der Waals surface area contributed by atoms with Crippen LogP contribution in [0.25, 0.3) is 0 Å². The maximum absolute atomic E-state index is 10.8. The molecule has 1 heterocycles. The van der Waals surface area contributed by atoms with Gasteiger partial charge in [0.1, 0.15) is 24.4 Å². The van der Waals surface area contributed by atoms with Gasteiger partial charge in [0.25, 0.3) is 0 Å². The van der Waals surface area contributed by atoms with Crippen LogP contribution in [0.4, 0.5) is 0 Å². The Balaban J connectivity index is 2.76. The topological polar surface area (TPSA) is 128 Å². The molecule has 0 saturated carbocycles. The van der Waals surface area contributed by atoms with Crippen molar-refractivity contribution in [2.24, 2.45) is 0 Å². The van der Waals surface area contributed by atoms with E-state index >= 15 is 0 Å². The van der Waals surface area contributed by atoms with Crippen molar-refractivity contribution < 1.29 is 35.0 Å². The Morgan fingerprint density at radius 3 is 2.56 bits per heavy atom. The zero-order valence-corrected chi connectivity index (χ0v) is 8.61. The average Bonchev–Trinajstić information content (AvgIpc) is 2.23. The van der Waals surface area contributed by atoms with Gasteiger partial charge >= 0.3 is 0 Å². The van der Waals surface area contributed by atoms with E-state index in [-0.39, 0.29) is 0 Å². The third-order valence-electron chi connectivity index (χ3n) is 2.36. The van der Waals surface area contributed by atoms with Gasteiger partial charge in [-0.25, -0.2) is 4.89 Å². The smallest absolute Gasteiger partial charge is 0.217 e. The first-order chi connectivity index (χ1) is 7.51. The van der Waals surface area contributed by atoms with E-state index in [1.54, 1.807) is 0 Å². The lowest BCUT2D eigenvalue weighted by Gasteiger charge is -2.40. The molecule has 0 aromatic carbocycles. The van der Waals surface area contributed by atoms with Gasteiger partial charge < -0.3 is 25.4 Å². The standard InChI is InChI=1S/C8H15NO7/c1-3(11)9-5-6(12)7(16-14)4(2-10)15-8(5)13/h4-8,10,12-14H,2H2,1H3,(H,9,11)/t4-,5-,6-,7-,8-/m1/s1. The van der Waals surface area contributed by atoms with Crippen LogP contribution in [-0.2, 0) is 14.4 Å². The summed E-state index contributed by atoms with van der Waals surface area (Å²) in [4.78, 5) is 14.8. The molecule has 1 fully saturated rings. The van der Waals surface area contributed by atoms with Crippen molar-refractivity contribution in [3.63, 3.8) is 0 Å². The fourth-order valence-corrected chi connectivity index (χ4v) is 1.60. The summed E-state index contributed by atoms with van der Waals surface area (Å²) in [7, 11) is 0. The van der Waals surface area contributed by atoms with Gasteiger partial charge in [-0.2, -0.15) is 0 Å². The molecule has 16 heavy (non-hydrogen) atoms. The first-order valence-electron chi connectivity index (χ1n) is 4.71. The molecule has 0 unspecified atom stereocenters. The van der Waals surface area contributed by atoms with Crippen LogP contribution in [0.1, 0.15) is 6.92 Å². The Kier molecular flexibility index (Phi) is 4.59. The molecule has 0 spiro atoms. The molecule has 0 aliphatic carbocycles. The predicted molar refractivity (Wildman–Crippen MR) is 49.1 cm³/mol. The lowest BCUT2D eigenvalue weighted by molar-refractivity contribution is -0.357. The van der Waals surface area contributed by atoms with E-state index in [4.69, 9.17) is 15.1 Å². The third-order valence-corrected chi connectivity index (χ3v) is 2.36. The van der Waals surface area contributed by atoms with E-state index in [1.807, 2.05) is 0 Å². The number of ether oxygens (including phenoxy) is 1. The second kappa shape index (κ2) is 5.53. The van der Waals surface area contributed by atoms with Crippen molar-refractivity contribution in [1.82, 2.24) is 5.32 Å². The SMILES string of the molecule is CC(=O)N[C@@H]1[C@@H](O)[C@H](OO)[C@@H](CO)O[C@H]1O. The first kappa shape index (κ1) is 13.3. The summed E-state index contributed by atoms with van der Waals surface area (Å²) in [5, 5.41) is 38.8. The molecule has 1 rings (SSSR count). The van der Waals surface area contributed by atoms with Crippen LogP contribution in [0.5, 0.6) is 0 Å². The molecule has 0 radical (unpaired) electrons. The van der Waals surface area contributed by atoms with Crippen molar-refractivity contribution in [2.45, 2.75) is 37.6 Å². The molecule has 5 atom stereocenters. The minimum absolute atomic E-state index is 0.481. The quantitative estimate of drug-likeness (QED) is 0.269. The Morgan fingerprint density at radius 1 is 1.50 bits per heavy atom. The monoisotopic (exact) mass is 237 g/mol. The van der Waals surface area contributed by atoms with E-state index in [0.29, 0.717) is 0 Å². The van der Waals surface area contributed by atoms with Gasteiger partial charge in [-0.1, -0.05) is 0 Å². The minimum Gasteiger partial charge on any atom is -0.394 e. The van der Waals surface area contributed by atoms with Crippen molar-refractivity contribution in [2.75, 3.05) is 6.61 Å². The number of carbonyl (C=O) groups is 1.